The van der Waals surface area contributed by atoms with Gasteiger partial charge in [0.2, 0.25) is 0 Å². The summed E-state index contributed by atoms with van der Waals surface area (Å²) in [5.74, 6) is -6.37. The van der Waals surface area contributed by atoms with Gasteiger partial charge in [-0.1, -0.05) is 0 Å². The van der Waals surface area contributed by atoms with Gasteiger partial charge in [-0.2, -0.15) is 20.1 Å². The Balaban J connectivity index is 2.13. The zero-order valence-electron chi connectivity index (χ0n) is 9.28. The van der Waals surface area contributed by atoms with Gasteiger partial charge in [0.25, 0.3) is 5.91 Å². The molecule has 0 N–H and O–H groups in total. The molecule has 100 valence electrons. The molecule has 1 aromatic rings. The van der Waals surface area contributed by atoms with Crippen molar-refractivity contribution in [3.63, 3.8) is 0 Å². The van der Waals surface area contributed by atoms with Crippen LogP contribution >= 0.6 is 11.3 Å². The largest absolute Gasteiger partial charge is 0.383 e. The van der Waals surface area contributed by atoms with Gasteiger partial charge in [0, 0.05) is 12.6 Å². The Hall–Kier alpha value is -1.11. The first-order valence-corrected chi connectivity index (χ1v) is 6.35. The van der Waals surface area contributed by atoms with Crippen LogP contribution in [0.2, 0.25) is 0 Å². The quantitative estimate of drug-likeness (QED) is 0.759. The van der Waals surface area contributed by atoms with Gasteiger partial charge in [0.15, 0.2) is 0 Å². The molecule has 0 bridgehead atoms. The maximum atomic E-state index is 13.1. The molecule has 18 heavy (non-hydrogen) atoms. The van der Waals surface area contributed by atoms with Crippen molar-refractivity contribution in [3.05, 3.63) is 22.4 Å². The highest BCUT2D eigenvalue weighted by Crippen LogP contribution is 2.34. The third-order valence-corrected chi connectivity index (χ3v) is 3.47. The van der Waals surface area contributed by atoms with E-state index in [4.69, 9.17) is 0 Å². The molecular weight excluding hydrogens is 270 g/mol. The Labute approximate surface area is 105 Å². The van der Waals surface area contributed by atoms with Crippen LogP contribution in [-0.2, 0) is 11.3 Å². The highest BCUT2D eigenvalue weighted by atomic mass is 32.1. The number of halogens is 4. The Kier molecular flexibility index (Phi) is 3.61. The van der Waals surface area contributed by atoms with Crippen molar-refractivity contribution < 1.29 is 22.4 Å². The molecule has 2 nitrogen and oxygen atoms in total. The second-order valence-corrected chi connectivity index (χ2v) is 5.00. The molecule has 0 atom stereocenters. The molecule has 1 heterocycles. The molecule has 1 aromatic heterocycles. The van der Waals surface area contributed by atoms with E-state index >= 15 is 0 Å². The minimum absolute atomic E-state index is 0.0324. The number of amides is 1. The lowest BCUT2D eigenvalue weighted by Crippen LogP contribution is -2.48. The average Bonchev–Trinajstić information content (AvgIpc) is 3.02. The van der Waals surface area contributed by atoms with E-state index in [0.717, 1.165) is 4.90 Å². The van der Waals surface area contributed by atoms with E-state index in [1.165, 1.54) is 11.3 Å². The lowest BCUT2D eigenvalue weighted by Gasteiger charge is -2.26. The molecule has 0 radical (unpaired) electrons. The van der Waals surface area contributed by atoms with E-state index in [1.54, 1.807) is 16.8 Å². The molecule has 0 saturated heterocycles. The molecule has 0 aliphatic heterocycles. The maximum absolute atomic E-state index is 13.1. The second-order valence-electron chi connectivity index (χ2n) is 4.22. The van der Waals surface area contributed by atoms with Crippen molar-refractivity contribution in [2.75, 3.05) is 0 Å². The van der Waals surface area contributed by atoms with Crippen LogP contribution in [0.3, 0.4) is 0 Å². The van der Waals surface area contributed by atoms with Gasteiger partial charge in [0.1, 0.15) is 0 Å². The van der Waals surface area contributed by atoms with Crippen LogP contribution in [0.1, 0.15) is 18.4 Å². The number of hydrogen-bond acceptors (Lipinski definition) is 2. The smallest absolute Gasteiger partial charge is 0.330 e. The average molecular weight is 281 g/mol. The van der Waals surface area contributed by atoms with Gasteiger partial charge in [-0.25, -0.2) is 8.78 Å². The second kappa shape index (κ2) is 4.87. The predicted octanol–water partition coefficient (Wildman–Crippen LogP) is 3.14. The van der Waals surface area contributed by atoms with Gasteiger partial charge in [-0.05, 0) is 35.2 Å². The minimum Gasteiger partial charge on any atom is -0.330 e. The third-order valence-electron chi connectivity index (χ3n) is 2.74. The molecule has 1 amide bonds. The molecule has 1 saturated carbocycles. The Morgan fingerprint density at radius 1 is 1.50 bits per heavy atom. The molecule has 1 aliphatic rings. The molecule has 1 fully saturated rings. The Morgan fingerprint density at radius 3 is 2.61 bits per heavy atom. The van der Waals surface area contributed by atoms with Crippen molar-refractivity contribution in [3.8, 4) is 0 Å². The fourth-order valence-electron chi connectivity index (χ4n) is 1.62. The van der Waals surface area contributed by atoms with Crippen LogP contribution < -0.4 is 0 Å². The fourth-order valence-corrected chi connectivity index (χ4v) is 2.28. The van der Waals surface area contributed by atoms with E-state index < -0.39 is 18.3 Å². The van der Waals surface area contributed by atoms with E-state index in [2.05, 4.69) is 0 Å². The molecular formula is C11H11F4NOS. The SMILES string of the molecule is O=C(N(Cc1ccsc1)C1CC1)C(F)(F)C(F)F. The molecule has 0 spiro atoms. The zero-order valence-corrected chi connectivity index (χ0v) is 10.1. The van der Waals surface area contributed by atoms with Crippen molar-refractivity contribution >= 4 is 17.2 Å². The molecule has 1 aliphatic carbocycles. The summed E-state index contributed by atoms with van der Waals surface area (Å²) in [6.07, 6.45) is -2.78. The third kappa shape index (κ3) is 2.66. The number of carbonyl (C=O) groups is 1. The summed E-state index contributed by atoms with van der Waals surface area (Å²) in [6, 6.07) is 1.36. The van der Waals surface area contributed by atoms with E-state index in [9.17, 15) is 22.4 Å². The van der Waals surface area contributed by atoms with Gasteiger partial charge in [-0.15, -0.1) is 0 Å². The van der Waals surface area contributed by atoms with Crippen LogP contribution in [0.4, 0.5) is 17.6 Å². The molecule has 0 aromatic carbocycles. The lowest BCUT2D eigenvalue weighted by atomic mass is 10.2. The number of alkyl halides is 4. The number of hydrogen-bond donors (Lipinski definition) is 0. The monoisotopic (exact) mass is 281 g/mol. The first kappa shape index (κ1) is 13.3. The fraction of sp³-hybridized carbons (Fsp3) is 0.545. The molecule has 0 unspecified atom stereocenters. The number of carbonyl (C=O) groups excluding carboxylic acids is 1. The van der Waals surface area contributed by atoms with Crippen molar-refractivity contribution in [2.45, 2.75) is 37.8 Å². The standard InChI is InChI=1S/C11H11F4NOS/c12-9(13)11(14,15)10(17)16(8-1-2-8)5-7-3-4-18-6-7/h3-4,6,8-9H,1-2,5H2. The van der Waals surface area contributed by atoms with Crippen molar-refractivity contribution in [2.24, 2.45) is 0 Å². The van der Waals surface area contributed by atoms with Gasteiger partial charge in [0.05, 0.1) is 0 Å². The molecule has 7 heteroatoms. The summed E-state index contributed by atoms with van der Waals surface area (Å²) >= 11 is 1.37. The van der Waals surface area contributed by atoms with E-state index in [1.807, 2.05) is 0 Å². The van der Waals surface area contributed by atoms with Crippen LogP contribution in [-0.4, -0.2) is 29.2 Å². The molecule has 2 rings (SSSR count). The van der Waals surface area contributed by atoms with Gasteiger partial charge < -0.3 is 4.90 Å². The van der Waals surface area contributed by atoms with Gasteiger partial charge in [-0.3, -0.25) is 4.79 Å². The highest BCUT2D eigenvalue weighted by Gasteiger charge is 2.53. The first-order valence-electron chi connectivity index (χ1n) is 5.41. The minimum atomic E-state index is -4.60. The summed E-state index contributed by atoms with van der Waals surface area (Å²) in [7, 11) is 0. The number of thiophene rings is 1. The first-order chi connectivity index (χ1) is 8.43. The maximum Gasteiger partial charge on any atom is 0.383 e. The summed E-state index contributed by atoms with van der Waals surface area (Å²) < 4.78 is 50.5. The number of rotatable bonds is 5. The summed E-state index contributed by atoms with van der Waals surface area (Å²) in [5, 5.41) is 3.46. The van der Waals surface area contributed by atoms with Crippen molar-refractivity contribution in [1.82, 2.24) is 4.90 Å². The van der Waals surface area contributed by atoms with Gasteiger partial charge >= 0.3 is 12.3 Å². The van der Waals surface area contributed by atoms with Crippen LogP contribution in [0.5, 0.6) is 0 Å². The zero-order chi connectivity index (χ0) is 13.3. The summed E-state index contributed by atoms with van der Waals surface area (Å²) in [6.45, 7) is -0.0324. The van der Waals surface area contributed by atoms with Crippen molar-refractivity contribution in [1.29, 1.82) is 0 Å². The van der Waals surface area contributed by atoms with Crippen LogP contribution in [0.25, 0.3) is 0 Å². The van der Waals surface area contributed by atoms with Crippen LogP contribution in [0.15, 0.2) is 16.8 Å². The van der Waals surface area contributed by atoms with E-state index in [0.29, 0.717) is 18.4 Å². The normalized spacial score (nSPS) is 16.1. The summed E-state index contributed by atoms with van der Waals surface area (Å²) in [5.41, 5.74) is 0.685. The van der Waals surface area contributed by atoms with E-state index in [-0.39, 0.29) is 12.6 Å². The summed E-state index contributed by atoms with van der Waals surface area (Å²) in [4.78, 5) is 12.4. The highest BCUT2D eigenvalue weighted by molar-refractivity contribution is 7.07. The Morgan fingerprint density at radius 2 is 2.17 bits per heavy atom. The lowest BCUT2D eigenvalue weighted by molar-refractivity contribution is -0.181. The topological polar surface area (TPSA) is 20.3 Å². The predicted molar refractivity (Wildman–Crippen MR) is 58.8 cm³/mol. The van der Waals surface area contributed by atoms with Crippen LogP contribution in [0, 0.1) is 0 Å². The number of nitrogens with zero attached hydrogens (tertiary/aromatic N) is 1. The Bertz CT molecular complexity index is 417.